The van der Waals surface area contributed by atoms with E-state index in [4.69, 9.17) is 14.2 Å². The van der Waals surface area contributed by atoms with E-state index >= 15 is 0 Å². The molecule has 3 aliphatic rings. The Labute approximate surface area is 316 Å². The Balaban J connectivity index is 0.784. The lowest BCUT2D eigenvalue weighted by Crippen LogP contribution is -2.52. The Morgan fingerprint density at radius 1 is 0.778 bits per heavy atom. The third-order valence-electron chi connectivity index (χ3n) is 10.1. The third kappa shape index (κ3) is 7.56. The number of nitrogens with one attached hydrogen (secondary N) is 1. The van der Waals surface area contributed by atoms with Gasteiger partial charge in [-0.15, -0.1) is 11.3 Å². The zero-order chi connectivity index (χ0) is 37.2. The van der Waals surface area contributed by atoms with Crippen LogP contribution in [0.3, 0.4) is 0 Å². The summed E-state index contributed by atoms with van der Waals surface area (Å²) in [6, 6.07) is 24.6. The molecule has 3 N–H and O–H groups in total. The monoisotopic (exact) mass is 748 g/mol. The molecule has 8 rings (SSSR count). The van der Waals surface area contributed by atoms with Gasteiger partial charge in [0.2, 0.25) is 11.8 Å². The fourth-order valence-corrected chi connectivity index (χ4v) is 8.36. The highest BCUT2D eigenvalue weighted by atomic mass is 32.1. The zero-order valence-electron chi connectivity index (χ0n) is 29.5. The average Bonchev–Trinajstić information content (AvgIpc) is 3.70. The maximum atomic E-state index is 13.1. The van der Waals surface area contributed by atoms with Gasteiger partial charge in [0, 0.05) is 66.9 Å². The number of aromatic hydroxyl groups is 2. The van der Waals surface area contributed by atoms with E-state index in [-0.39, 0.29) is 36.3 Å². The molecule has 13 heteroatoms. The minimum atomic E-state index is -0.652. The number of piperazine rings is 1. The first-order valence-corrected chi connectivity index (χ1v) is 18.9. The van der Waals surface area contributed by atoms with Crippen molar-refractivity contribution in [2.24, 2.45) is 0 Å². The molecule has 1 atom stereocenters. The molecule has 0 bridgehead atoms. The SMILES string of the molecule is O=C1CCC(N2Cc3c(OCCN4CCN(CCOc5ccc(Oc6c(-c7ccc(O)cc7)sc7cc(O)ccc67)cc5)CC4)cccc3C2=O)C(=O)N1. The minimum Gasteiger partial charge on any atom is -0.508 e. The standard InChI is InChI=1S/C41H40N4O8S/c46-27-6-4-26(5-7-27)39-38(32-13-8-28(47)24-36(32)54-39)53-30-11-9-29(10-12-30)51-22-20-43-16-18-44(19-17-43)21-23-52-35-3-1-2-31-33(35)25-45(41(31)50)34-14-15-37(48)42-40(34)49/h1-13,24,34,46-47H,14-23,25H2,(H,42,48,49). The summed E-state index contributed by atoms with van der Waals surface area (Å²) in [5.41, 5.74) is 2.25. The number of nitrogens with zero attached hydrogens (tertiary/aromatic N) is 3. The van der Waals surface area contributed by atoms with Gasteiger partial charge in [0.25, 0.3) is 5.91 Å². The number of thiophene rings is 1. The lowest BCUT2D eigenvalue weighted by Gasteiger charge is -2.34. The van der Waals surface area contributed by atoms with Crippen LogP contribution in [0.2, 0.25) is 0 Å². The molecule has 0 aliphatic carbocycles. The molecule has 0 spiro atoms. The summed E-state index contributed by atoms with van der Waals surface area (Å²) in [5, 5.41) is 23.1. The van der Waals surface area contributed by atoms with Gasteiger partial charge in [-0.25, -0.2) is 0 Å². The number of imide groups is 1. The number of fused-ring (bicyclic) bond motifs is 2. The third-order valence-corrected chi connectivity index (χ3v) is 11.3. The molecular formula is C41H40N4O8S. The summed E-state index contributed by atoms with van der Waals surface area (Å²) < 4.78 is 19.6. The molecule has 0 saturated carbocycles. The van der Waals surface area contributed by atoms with Crippen LogP contribution >= 0.6 is 11.3 Å². The molecule has 5 aromatic rings. The number of hydrogen-bond donors (Lipinski definition) is 3. The summed E-state index contributed by atoms with van der Waals surface area (Å²) in [7, 11) is 0. The summed E-state index contributed by atoms with van der Waals surface area (Å²) in [6.45, 7) is 6.55. The first-order chi connectivity index (χ1) is 26.3. The van der Waals surface area contributed by atoms with Gasteiger partial charge < -0.3 is 29.3 Å². The zero-order valence-corrected chi connectivity index (χ0v) is 30.3. The van der Waals surface area contributed by atoms with Crippen LogP contribution in [0.4, 0.5) is 0 Å². The van der Waals surface area contributed by atoms with Crippen LogP contribution in [0.15, 0.2) is 84.9 Å². The number of carbonyl (C=O) groups excluding carboxylic acids is 3. The number of carbonyl (C=O) groups is 3. The van der Waals surface area contributed by atoms with Crippen LogP contribution < -0.4 is 19.5 Å². The van der Waals surface area contributed by atoms with E-state index in [9.17, 15) is 24.6 Å². The van der Waals surface area contributed by atoms with Crippen molar-refractivity contribution in [2.45, 2.75) is 25.4 Å². The number of piperidine rings is 1. The Morgan fingerprint density at radius 2 is 1.46 bits per heavy atom. The Morgan fingerprint density at radius 3 is 2.19 bits per heavy atom. The van der Waals surface area contributed by atoms with Gasteiger partial charge in [-0.2, -0.15) is 0 Å². The number of rotatable bonds is 12. The second-order valence-corrected chi connectivity index (χ2v) is 14.7. The fourth-order valence-electron chi connectivity index (χ4n) is 7.19. The number of phenolic OH excluding ortho intramolecular Hbond substituents is 2. The minimum absolute atomic E-state index is 0.191. The number of hydrogen-bond acceptors (Lipinski definition) is 11. The molecule has 0 radical (unpaired) electrons. The van der Waals surface area contributed by atoms with Gasteiger partial charge in [-0.1, -0.05) is 6.07 Å². The molecule has 54 heavy (non-hydrogen) atoms. The topological polar surface area (TPSA) is 141 Å². The number of amides is 3. The molecule has 2 fully saturated rings. The van der Waals surface area contributed by atoms with Gasteiger partial charge in [-0.05, 0) is 90.8 Å². The smallest absolute Gasteiger partial charge is 0.255 e. The van der Waals surface area contributed by atoms with Crippen LogP contribution in [0, 0.1) is 0 Å². The summed E-state index contributed by atoms with van der Waals surface area (Å²) in [6.07, 6.45) is 0.550. The molecule has 278 valence electrons. The van der Waals surface area contributed by atoms with Gasteiger partial charge in [0.05, 0.1) is 11.4 Å². The first-order valence-electron chi connectivity index (χ1n) is 18.1. The van der Waals surface area contributed by atoms with Gasteiger partial charge in [0.1, 0.15) is 48.0 Å². The maximum Gasteiger partial charge on any atom is 0.255 e. The fraction of sp³-hybridized carbons (Fsp3) is 0.293. The Bertz CT molecular complexity index is 2180. The normalized spacial score (nSPS) is 17.8. The van der Waals surface area contributed by atoms with E-state index in [1.54, 1.807) is 41.3 Å². The molecule has 4 heterocycles. The predicted molar refractivity (Wildman–Crippen MR) is 203 cm³/mol. The number of ether oxygens (including phenoxy) is 3. The molecular weight excluding hydrogens is 709 g/mol. The van der Waals surface area contributed by atoms with Gasteiger partial charge in [0.15, 0.2) is 5.75 Å². The van der Waals surface area contributed by atoms with Crippen molar-refractivity contribution >= 4 is 39.1 Å². The van der Waals surface area contributed by atoms with Crippen LogP contribution in [-0.2, 0) is 16.1 Å². The maximum absolute atomic E-state index is 13.1. The van der Waals surface area contributed by atoms with E-state index in [1.807, 2.05) is 48.5 Å². The highest BCUT2D eigenvalue weighted by Crippen LogP contribution is 2.47. The molecule has 12 nitrogen and oxygen atoms in total. The summed E-state index contributed by atoms with van der Waals surface area (Å²) >= 11 is 1.52. The van der Waals surface area contributed by atoms with Crippen LogP contribution in [0.25, 0.3) is 20.5 Å². The van der Waals surface area contributed by atoms with E-state index in [1.165, 1.54) is 11.3 Å². The van der Waals surface area contributed by atoms with E-state index in [0.717, 1.165) is 71.1 Å². The van der Waals surface area contributed by atoms with Crippen LogP contribution in [-0.4, -0.2) is 101 Å². The second-order valence-electron chi connectivity index (χ2n) is 13.6. The molecule has 2 saturated heterocycles. The van der Waals surface area contributed by atoms with Crippen molar-refractivity contribution in [3.05, 3.63) is 96.1 Å². The average molecular weight is 749 g/mol. The van der Waals surface area contributed by atoms with E-state index in [0.29, 0.717) is 42.4 Å². The lowest BCUT2D eigenvalue weighted by molar-refractivity contribution is -0.136. The molecule has 1 unspecified atom stereocenters. The van der Waals surface area contributed by atoms with Crippen molar-refractivity contribution in [3.63, 3.8) is 0 Å². The highest BCUT2D eigenvalue weighted by Gasteiger charge is 2.40. The van der Waals surface area contributed by atoms with Crippen molar-refractivity contribution in [1.29, 1.82) is 0 Å². The predicted octanol–water partition coefficient (Wildman–Crippen LogP) is 5.61. The first kappa shape index (κ1) is 35.4. The van der Waals surface area contributed by atoms with Crippen molar-refractivity contribution in [1.82, 2.24) is 20.0 Å². The Kier molecular flexibility index (Phi) is 10.1. The van der Waals surface area contributed by atoms with Crippen LogP contribution in [0.1, 0.15) is 28.8 Å². The quantitative estimate of drug-likeness (QED) is 0.138. The summed E-state index contributed by atoms with van der Waals surface area (Å²) in [5.74, 6) is 2.22. The second kappa shape index (κ2) is 15.4. The molecule has 4 aromatic carbocycles. The Hall–Kier alpha value is -5.63. The van der Waals surface area contributed by atoms with Crippen molar-refractivity contribution < 1.29 is 38.8 Å². The van der Waals surface area contributed by atoms with Gasteiger partial charge >= 0.3 is 0 Å². The number of phenols is 2. The van der Waals surface area contributed by atoms with E-state index < -0.39 is 11.9 Å². The molecule has 1 aromatic heterocycles. The number of benzene rings is 4. The van der Waals surface area contributed by atoms with Crippen LogP contribution in [0.5, 0.6) is 34.5 Å². The molecule has 3 aliphatic heterocycles. The largest absolute Gasteiger partial charge is 0.508 e. The van der Waals surface area contributed by atoms with Gasteiger partial charge in [-0.3, -0.25) is 29.5 Å². The highest BCUT2D eigenvalue weighted by molar-refractivity contribution is 7.22. The lowest BCUT2D eigenvalue weighted by atomic mass is 10.0. The van der Waals surface area contributed by atoms with E-state index in [2.05, 4.69) is 15.1 Å². The van der Waals surface area contributed by atoms with Crippen molar-refractivity contribution in [2.75, 3.05) is 52.5 Å². The summed E-state index contributed by atoms with van der Waals surface area (Å²) in [4.78, 5) is 44.3. The molecule has 3 amide bonds. The van der Waals surface area contributed by atoms with Crippen molar-refractivity contribution in [3.8, 4) is 44.9 Å².